The van der Waals surface area contributed by atoms with E-state index < -0.39 is 0 Å². The quantitative estimate of drug-likeness (QED) is 0.457. The first-order chi connectivity index (χ1) is 3.27. The minimum atomic E-state index is -0.366. The smallest absolute Gasteiger partial charge is 0.0634 e. The maximum absolute atomic E-state index is 9.90. The van der Waals surface area contributed by atoms with Crippen LogP contribution in [-0.2, 0) is 0 Å². The fourth-order valence-corrected chi connectivity index (χ4v) is 0. The second-order valence-electron chi connectivity index (χ2n) is 1.22. The second kappa shape index (κ2) is 9.33. The SMILES string of the molecule is CCC(C)[O-].C[NH3+]. The summed E-state index contributed by atoms with van der Waals surface area (Å²) in [5.41, 5.74) is 3.25. The highest BCUT2D eigenvalue weighted by Crippen LogP contribution is 1.76. The van der Waals surface area contributed by atoms with Crippen molar-refractivity contribution in [2.24, 2.45) is 0 Å². The Bertz CT molecular complexity index is 22.0. The lowest BCUT2D eigenvalue weighted by Gasteiger charge is -2.09. The van der Waals surface area contributed by atoms with Crippen LogP contribution in [0.2, 0.25) is 0 Å². The molecule has 0 aromatic carbocycles. The predicted molar refractivity (Wildman–Crippen MR) is 28.6 cm³/mol. The summed E-state index contributed by atoms with van der Waals surface area (Å²) < 4.78 is 0. The minimum Gasteiger partial charge on any atom is -0.852 e. The zero-order valence-electron chi connectivity index (χ0n) is 5.40. The molecule has 0 fully saturated rings. The Morgan fingerprint density at radius 1 is 1.57 bits per heavy atom. The van der Waals surface area contributed by atoms with Gasteiger partial charge in [-0.25, -0.2) is 0 Å². The van der Waals surface area contributed by atoms with Crippen molar-refractivity contribution in [3.63, 3.8) is 0 Å². The molecular formula is C5H15NO. The molecule has 0 saturated carbocycles. The van der Waals surface area contributed by atoms with E-state index >= 15 is 0 Å². The standard InChI is InChI=1S/C4H9O.CH5N/c1-3-4(2)5;1-2/h4H,3H2,1-2H3;2H2,1H3/q-1;/p+1. The van der Waals surface area contributed by atoms with Gasteiger partial charge < -0.3 is 10.8 Å². The lowest BCUT2D eigenvalue weighted by molar-refractivity contribution is -0.414. The van der Waals surface area contributed by atoms with E-state index in [4.69, 9.17) is 0 Å². The van der Waals surface area contributed by atoms with Gasteiger partial charge in [0.1, 0.15) is 0 Å². The summed E-state index contributed by atoms with van der Waals surface area (Å²) in [4.78, 5) is 0. The lowest BCUT2D eigenvalue weighted by Crippen LogP contribution is -2.40. The van der Waals surface area contributed by atoms with Crippen molar-refractivity contribution in [3.8, 4) is 0 Å². The van der Waals surface area contributed by atoms with Crippen molar-refractivity contribution >= 4 is 0 Å². The van der Waals surface area contributed by atoms with E-state index in [0.717, 1.165) is 6.42 Å². The summed E-state index contributed by atoms with van der Waals surface area (Å²) >= 11 is 0. The fourth-order valence-electron chi connectivity index (χ4n) is 0. The highest BCUT2D eigenvalue weighted by molar-refractivity contribution is 4.31. The molecule has 0 aliphatic carbocycles. The maximum Gasteiger partial charge on any atom is 0.0634 e. The van der Waals surface area contributed by atoms with Gasteiger partial charge in [-0.2, -0.15) is 0 Å². The normalized spacial score (nSPS) is 11.6. The zero-order chi connectivity index (χ0) is 6.28. The van der Waals surface area contributed by atoms with Crippen LogP contribution in [0.5, 0.6) is 0 Å². The van der Waals surface area contributed by atoms with Crippen molar-refractivity contribution in [2.75, 3.05) is 7.05 Å². The fraction of sp³-hybridized carbons (Fsp3) is 1.00. The predicted octanol–water partition coefficient (Wildman–Crippen LogP) is -0.997. The number of quaternary nitrogens is 1. The van der Waals surface area contributed by atoms with E-state index in [0.29, 0.717) is 0 Å². The van der Waals surface area contributed by atoms with Crippen LogP contribution in [0.1, 0.15) is 20.3 Å². The molecule has 7 heavy (non-hydrogen) atoms. The average Bonchev–Trinajstić information content (AvgIpc) is 1.73. The molecule has 1 unspecified atom stereocenters. The largest absolute Gasteiger partial charge is 0.852 e. The van der Waals surface area contributed by atoms with Gasteiger partial charge in [-0.05, 0) is 0 Å². The van der Waals surface area contributed by atoms with Crippen molar-refractivity contribution < 1.29 is 10.8 Å². The van der Waals surface area contributed by atoms with Crippen LogP contribution in [0.15, 0.2) is 0 Å². The molecule has 0 aromatic rings. The van der Waals surface area contributed by atoms with Crippen LogP contribution in [0.25, 0.3) is 0 Å². The average molecular weight is 105 g/mol. The van der Waals surface area contributed by atoms with Gasteiger partial charge >= 0.3 is 0 Å². The van der Waals surface area contributed by atoms with Crippen LogP contribution in [-0.4, -0.2) is 13.2 Å². The molecule has 3 N–H and O–H groups in total. The molecule has 0 amide bonds. The molecule has 2 nitrogen and oxygen atoms in total. The molecule has 0 aromatic heterocycles. The van der Waals surface area contributed by atoms with Crippen molar-refractivity contribution in [2.45, 2.75) is 26.4 Å². The van der Waals surface area contributed by atoms with Gasteiger partial charge in [0.2, 0.25) is 0 Å². The van der Waals surface area contributed by atoms with Gasteiger partial charge in [-0.1, -0.05) is 20.3 Å². The lowest BCUT2D eigenvalue weighted by atomic mass is 10.3. The van der Waals surface area contributed by atoms with E-state index in [1.54, 1.807) is 14.0 Å². The zero-order valence-corrected chi connectivity index (χ0v) is 5.40. The Hall–Kier alpha value is -0.0800. The third kappa shape index (κ3) is 24.7. The third-order valence-corrected chi connectivity index (χ3v) is 0.575. The summed E-state index contributed by atoms with van der Waals surface area (Å²) in [6.45, 7) is 3.55. The van der Waals surface area contributed by atoms with Crippen LogP contribution < -0.4 is 10.8 Å². The molecule has 0 heterocycles. The Balaban J connectivity index is 0. The van der Waals surface area contributed by atoms with Crippen LogP contribution in [0.4, 0.5) is 0 Å². The van der Waals surface area contributed by atoms with Crippen LogP contribution in [0.3, 0.4) is 0 Å². The second-order valence-corrected chi connectivity index (χ2v) is 1.22. The Morgan fingerprint density at radius 2 is 1.71 bits per heavy atom. The summed E-state index contributed by atoms with van der Waals surface area (Å²) in [5, 5.41) is 9.90. The minimum absolute atomic E-state index is 0.366. The number of hydrogen-bond acceptors (Lipinski definition) is 1. The van der Waals surface area contributed by atoms with E-state index in [1.165, 1.54) is 0 Å². The first-order valence-corrected chi connectivity index (χ1v) is 2.64. The molecule has 46 valence electrons. The van der Waals surface area contributed by atoms with Crippen molar-refractivity contribution in [1.82, 2.24) is 0 Å². The highest BCUT2D eigenvalue weighted by Gasteiger charge is 1.68. The number of rotatable bonds is 1. The molecule has 1 atom stereocenters. The maximum atomic E-state index is 9.90. The Labute approximate surface area is 45.3 Å². The van der Waals surface area contributed by atoms with Crippen LogP contribution in [0, 0.1) is 0 Å². The Kier molecular flexibility index (Phi) is 13.3. The molecule has 0 saturated heterocycles. The van der Waals surface area contributed by atoms with Crippen molar-refractivity contribution in [3.05, 3.63) is 0 Å². The summed E-state index contributed by atoms with van der Waals surface area (Å²) in [6, 6.07) is 0. The first-order valence-electron chi connectivity index (χ1n) is 2.64. The van der Waals surface area contributed by atoms with Gasteiger partial charge in [0.05, 0.1) is 7.05 Å². The van der Waals surface area contributed by atoms with E-state index in [2.05, 4.69) is 5.73 Å². The monoisotopic (exact) mass is 105 g/mol. The highest BCUT2D eigenvalue weighted by atomic mass is 16.3. The van der Waals surface area contributed by atoms with E-state index in [9.17, 15) is 5.11 Å². The molecule has 0 rings (SSSR count). The summed E-state index contributed by atoms with van der Waals surface area (Å²) in [7, 11) is 1.75. The molecule has 0 aliphatic rings. The first kappa shape index (κ1) is 10.0. The van der Waals surface area contributed by atoms with Gasteiger partial charge in [0, 0.05) is 0 Å². The van der Waals surface area contributed by atoms with E-state index in [-0.39, 0.29) is 6.10 Å². The molecule has 0 radical (unpaired) electrons. The van der Waals surface area contributed by atoms with Crippen molar-refractivity contribution in [1.29, 1.82) is 0 Å². The molecule has 0 bridgehead atoms. The molecule has 2 heteroatoms. The van der Waals surface area contributed by atoms with Gasteiger partial charge in [-0.3, -0.25) is 0 Å². The summed E-state index contributed by atoms with van der Waals surface area (Å²) in [5.74, 6) is 0. The number of hydrogen-bond donors (Lipinski definition) is 1. The molecule has 0 aliphatic heterocycles. The summed E-state index contributed by atoms with van der Waals surface area (Å²) in [6.07, 6.45) is 0.384. The topological polar surface area (TPSA) is 50.7 Å². The van der Waals surface area contributed by atoms with Gasteiger partial charge in [-0.15, -0.1) is 6.10 Å². The van der Waals surface area contributed by atoms with Gasteiger partial charge in [0.25, 0.3) is 0 Å². The van der Waals surface area contributed by atoms with Gasteiger partial charge in [0.15, 0.2) is 0 Å². The van der Waals surface area contributed by atoms with E-state index in [1.807, 2.05) is 6.92 Å². The third-order valence-electron chi connectivity index (χ3n) is 0.575. The van der Waals surface area contributed by atoms with Crippen LogP contribution >= 0.6 is 0 Å². The molecular weight excluding hydrogens is 90.1 g/mol. The molecule has 0 spiro atoms. The Morgan fingerprint density at radius 3 is 1.71 bits per heavy atom.